The van der Waals surface area contributed by atoms with Gasteiger partial charge in [-0.15, -0.1) is 0 Å². The Balaban J connectivity index is 2.16. The molecule has 20 heavy (non-hydrogen) atoms. The lowest BCUT2D eigenvalue weighted by atomic mass is 10.3. The molecule has 0 saturated carbocycles. The van der Waals surface area contributed by atoms with Crippen LogP contribution in [0.5, 0.6) is 0 Å². The van der Waals surface area contributed by atoms with Crippen LogP contribution in [0.1, 0.15) is 0 Å². The van der Waals surface area contributed by atoms with Gasteiger partial charge < -0.3 is 5.32 Å². The maximum absolute atomic E-state index is 12.0. The number of hydrogen-bond donors (Lipinski definition) is 1. The quantitative estimate of drug-likeness (QED) is 0.889. The highest BCUT2D eigenvalue weighted by molar-refractivity contribution is 5.78. The van der Waals surface area contributed by atoms with Crippen molar-refractivity contribution in [1.82, 2.24) is 19.9 Å². The maximum atomic E-state index is 12.0. The number of amides is 1. The smallest absolute Gasteiger partial charge is 0.345 e. The molecule has 2 heterocycles. The first kappa shape index (κ1) is 14.0. The molecule has 0 radical (unpaired) electrons. The molecule has 0 aliphatic heterocycles. The molecule has 9 heteroatoms. The van der Waals surface area contributed by atoms with Crippen molar-refractivity contribution in [2.24, 2.45) is 0 Å². The van der Waals surface area contributed by atoms with E-state index in [1.165, 1.54) is 18.5 Å². The molecule has 0 spiro atoms. The fourth-order valence-corrected chi connectivity index (χ4v) is 1.53. The van der Waals surface area contributed by atoms with E-state index in [9.17, 15) is 22.8 Å². The Hall–Kier alpha value is -2.45. The molecular weight excluding hydrogens is 277 g/mol. The van der Waals surface area contributed by atoms with E-state index in [-0.39, 0.29) is 5.39 Å². The summed E-state index contributed by atoms with van der Waals surface area (Å²) in [6.07, 6.45) is -0.627. The highest BCUT2D eigenvalue weighted by atomic mass is 19.4. The third-order valence-corrected chi connectivity index (χ3v) is 2.43. The lowest BCUT2D eigenvalue weighted by Crippen LogP contribution is -2.37. The summed E-state index contributed by atoms with van der Waals surface area (Å²) in [6.45, 7) is -1.97. The summed E-state index contributed by atoms with van der Waals surface area (Å²) in [5, 5.41) is 1.92. The lowest BCUT2D eigenvalue weighted by molar-refractivity contribution is -0.138. The molecule has 6 nitrogen and oxygen atoms in total. The second kappa shape index (κ2) is 5.27. The number of carbonyl (C=O) groups excluding carboxylic acids is 1. The molecule has 0 atom stereocenters. The van der Waals surface area contributed by atoms with E-state index >= 15 is 0 Å². The minimum Gasteiger partial charge on any atom is -0.345 e. The highest BCUT2D eigenvalue weighted by Crippen LogP contribution is 2.12. The van der Waals surface area contributed by atoms with E-state index in [1.807, 2.05) is 0 Å². The standard InChI is InChI=1S/C11H9F3N4O2/c12-11(13,14)5-16-9(19)4-18-6-17-8-3-15-2-1-7(8)10(18)20/h1-3,6H,4-5H2,(H,16,19). The molecule has 106 valence electrons. The van der Waals surface area contributed by atoms with Gasteiger partial charge in [0.2, 0.25) is 5.91 Å². The average molecular weight is 286 g/mol. The molecule has 0 aliphatic carbocycles. The van der Waals surface area contributed by atoms with Gasteiger partial charge in [-0.25, -0.2) is 4.98 Å². The van der Waals surface area contributed by atoms with Crippen LogP contribution in [-0.2, 0) is 11.3 Å². The predicted octanol–water partition coefficient (Wildman–Crippen LogP) is 0.470. The third-order valence-electron chi connectivity index (χ3n) is 2.43. The molecule has 0 aliphatic rings. The van der Waals surface area contributed by atoms with Crippen LogP contribution < -0.4 is 10.9 Å². The van der Waals surface area contributed by atoms with Crippen molar-refractivity contribution in [2.75, 3.05) is 6.54 Å². The highest BCUT2D eigenvalue weighted by Gasteiger charge is 2.27. The fourth-order valence-electron chi connectivity index (χ4n) is 1.53. The minimum absolute atomic E-state index is 0.242. The SMILES string of the molecule is O=C(Cn1cnc2cnccc2c1=O)NCC(F)(F)F. The van der Waals surface area contributed by atoms with Gasteiger partial charge in [0.05, 0.1) is 23.4 Å². The summed E-state index contributed by atoms with van der Waals surface area (Å²) >= 11 is 0. The normalized spacial score (nSPS) is 11.6. The minimum atomic E-state index is -4.49. The number of alkyl halides is 3. The van der Waals surface area contributed by atoms with Crippen LogP contribution in [0.4, 0.5) is 13.2 Å². The van der Waals surface area contributed by atoms with Gasteiger partial charge in [-0.2, -0.15) is 13.2 Å². The first-order chi connectivity index (χ1) is 9.37. The van der Waals surface area contributed by atoms with E-state index in [0.29, 0.717) is 5.52 Å². The summed E-state index contributed by atoms with van der Waals surface area (Å²) in [6, 6.07) is 1.43. The van der Waals surface area contributed by atoms with Crippen LogP contribution in [0, 0.1) is 0 Å². The number of hydrogen-bond acceptors (Lipinski definition) is 4. The van der Waals surface area contributed by atoms with Crippen molar-refractivity contribution in [3.05, 3.63) is 35.1 Å². The average Bonchev–Trinajstić information content (AvgIpc) is 2.39. The van der Waals surface area contributed by atoms with Crippen LogP contribution in [0.2, 0.25) is 0 Å². The largest absolute Gasteiger partial charge is 0.405 e. The van der Waals surface area contributed by atoms with Crippen LogP contribution >= 0.6 is 0 Å². The van der Waals surface area contributed by atoms with Gasteiger partial charge in [0.25, 0.3) is 5.56 Å². The Labute approximate surface area is 110 Å². The van der Waals surface area contributed by atoms with Crippen molar-refractivity contribution >= 4 is 16.8 Å². The van der Waals surface area contributed by atoms with Gasteiger partial charge >= 0.3 is 6.18 Å². The first-order valence-electron chi connectivity index (χ1n) is 5.49. The van der Waals surface area contributed by atoms with Crippen LogP contribution in [0.25, 0.3) is 10.9 Å². The topological polar surface area (TPSA) is 76.9 Å². The lowest BCUT2D eigenvalue weighted by Gasteiger charge is -2.09. The molecule has 2 aromatic rings. The molecule has 2 aromatic heterocycles. The van der Waals surface area contributed by atoms with Gasteiger partial charge in [0.1, 0.15) is 13.1 Å². The Morgan fingerprint density at radius 1 is 1.40 bits per heavy atom. The Morgan fingerprint density at radius 2 is 2.15 bits per heavy atom. The number of halogens is 3. The summed E-state index contributed by atoms with van der Waals surface area (Å²) in [4.78, 5) is 31.0. The molecular formula is C11H9F3N4O2. The summed E-state index contributed by atoms with van der Waals surface area (Å²) < 4.78 is 36.8. The predicted molar refractivity (Wildman–Crippen MR) is 62.9 cm³/mol. The van der Waals surface area contributed by atoms with Crippen LogP contribution in [0.15, 0.2) is 29.6 Å². The molecule has 0 fully saturated rings. The van der Waals surface area contributed by atoms with Crippen molar-refractivity contribution in [3.63, 3.8) is 0 Å². The van der Waals surface area contributed by atoms with Gasteiger partial charge in [0, 0.05) is 6.20 Å². The summed E-state index contributed by atoms with van der Waals surface area (Å²) in [5.41, 5.74) is -0.163. The molecule has 1 amide bonds. The van der Waals surface area contributed by atoms with Crippen molar-refractivity contribution in [2.45, 2.75) is 12.7 Å². The Bertz CT molecular complexity index is 696. The number of pyridine rings is 1. The van der Waals surface area contributed by atoms with E-state index < -0.39 is 30.7 Å². The number of rotatable bonds is 3. The zero-order valence-corrected chi connectivity index (χ0v) is 10.0. The van der Waals surface area contributed by atoms with Crippen molar-refractivity contribution in [1.29, 1.82) is 0 Å². The number of nitrogens with one attached hydrogen (secondary N) is 1. The fraction of sp³-hybridized carbons (Fsp3) is 0.273. The summed E-state index contributed by atoms with van der Waals surface area (Å²) in [7, 11) is 0. The van der Waals surface area contributed by atoms with Crippen LogP contribution in [0.3, 0.4) is 0 Å². The van der Waals surface area contributed by atoms with Gasteiger partial charge in [0.15, 0.2) is 0 Å². The monoisotopic (exact) mass is 286 g/mol. The van der Waals surface area contributed by atoms with Crippen molar-refractivity contribution in [3.8, 4) is 0 Å². The second-order valence-corrected chi connectivity index (χ2v) is 3.96. The second-order valence-electron chi connectivity index (χ2n) is 3.96. The molecule has 0 unspecified atom stereocenters. The maximum Gasteiger partial charge on any atom is 0.405 e. The number of carbonyl (C=O) groups is 1. The van der Waals surface area contributed by atoms with E-state index in [1.54, 1.807) is 5.32 Å². The molecule has 0 saturated heterocycles. The summed E-state index contributed by atoms with van der Waals surface area (Å²) in [5.74, 6) is -0.917. The number of nitrogens with zero attached hydrogens (tertiary/aromatic N) is 3. The zero-order valence-electron chi connectivity index (χ0n) is 10.0. The Morgan fingerprint density at radius 3 is 2.85 bits per heavy atom. The number of fused-ring (bicyclic) bond motifs is 1. The zero-order chi connectivity index (χ0) is 14.8. The van der Waals surface area contributed by atoms with E-state index in [2.05, 4.69) is 9.97 Å². The third kappa shape index (κ3) is 3.31. The molecule has 0 aromatic carbocycles. The first-order valence-corrected chi connectivity index (χ1v) is 5.49. The van der Waals surface area contributed by atoms with Gasteiger partial charge in [-0.1, -0.05) is 0 Å². The van der Waals surface area contributed by atoms with Gasteiger partial charge in [-0.05, 0) is 6.07 Å². The molecule has 1 N–H and O–H groups in total. The van der Waals surface area contributed by atoms with Gasteiger partial charge in [-0.3, -0.25) is 19.1 Å². The van der Waals surface area contributed by atoms with E-state index in [0.717, 1.165) is 10.9 Å². The number of aromatic nitrogens is 3. The molecule has 0 bridgehead atoms. The van der Waals surface area contributed by atoms with Crippen LogP contribution in [-0.4, -0.2) is 33.2 Å². The molecule has 2 rings (SSSR count). The Kier molecular flexibility index (Phi) is 3.68. The van der Waals surface area contributed by atoms with Crippen molar-refractivity contribution < 1.29 is 18.0 Å². The van der Waals surface area contributed by atoms with E-state index in [4.69, 9.17) is 0 Å².